The normalized spacial score (nSPS) is 30.5. The molecule has 3 saturated heterocycles. The van der Waals surface area contributed by atoms with E-state index >= 15 is 0 Å². The summed E-state index contributed by atoms with van der Waals surface area (Å²) in [7, 11) is 2.20. The highest BCUT2D eigenvalue weighted by Gasteiger charge is 2.31. The number of likely N-dealkylation sites (tertiary alicyclic amines) is 2. The lowest BCUT2D eigenvalue weighted by Crippen LogP contribution is -2.56. The average Bonchev–Trinajstić information content (AvgIpc) is 2.52. The SMILES string of the molecule is CN1CCC(N2CCC(NC3CCC(=O)NC3=O)CC2)CC1. The number of piperidine rings is 3. The Balaban J connectivity index is 1.42. The molecule has 3 rings (SSSR count). The molecule has 6 nitrogen and oxygen atoms in total. The van der Waals surface area contributed by atoms with Crippen LogP contribution < -0.4 is 10.6 Å². The molecule has 3 aliphatic rings. The molecule has 0 aliphatic carbocycles. The van der Waals surface area contributed by atoms with Crippen molar-refractivity contribution in [3.63, 3.8) is 0 Å². The number of rotatable bonds is 3. The van der Waals surface area contributed by atoms with Crippen LogP contribution in [-0.4, -0.2) is 73.0 Å². The zero-order valence-corrected chi connectivity index (χ0v) is 13.5. The fourth-order valence-electron chi connectivity index (χ4n) is 3.93. The maximum atomic E-state index is 11.8. The van der Waals surface area contributed by atoms with Crippen molar-refractivity contribution in [1.82, 2.24) is 20.4 Å². The Labute approximate surface area is 132 Å². The summed E-state index contributed by atoms with van der Waals surface area (Å²) in [6.07, 6.45) is 5.86. The molecule has 1 atom stereocenters. The van der Waals surface area contributed by atoms with Gasteiger partial charge in [-0.25, -0.2) is 0 Å². The van der Waals surface area contributed by atoms with E-state index in [-0.39, 0.29) is 17.9 Å². The lowest BCUT2D eigenvalue weighted by Gasteiger charge is -2.42. The number of carbonyl (C=O) groups excluding carboxylic acids is 2. The standard InChI is InChI=1S/C16H28N4O2/c1-19-8-6-13(7-9-19)20-10-4-12(5-11-20)17-14-2-3-15(21)18-16(14)22/h12-14,17H,2-11H2,1H3,(H,18,21,22). The average molecular weight is 308 g/mol. The van der Waals surface area contributed by atoms with E-state index in [0.717, 1.165) is 32.0 Å². The second-order valence-corrected chi connectivity index (χ2v) is 7.02. The zero-order chi connectivity index (χ0) is 15.5. The van der Waals surface area contributed by atoms with Gasteiger partial charge in [0, 0.05) is 18.5 Å². The van der Waals surface area contributed by atoms with Crippen molar-refractivity contribution in [3.8, 4) is 0 Å². The van der Waals surface area contributed by atoms with Crippen molar-refractivity contribution < 1.29 is 9.59 Å². The molecule has 0 aromatic rings. The summed E-state index contributed by atoms with van der Waals surface area (Å²) in [6.45, 7) is 4.66. The van der Waals surface area contributed by atoms with Gasteiger partial charge in [-0.2, -0.15) is 0 Å². The van der Waals surface area contributed by atoms with Crippen LogP contribution in [0.2, 0.25) is 0 Å². The second-order valence-electron chi connectivity index (χ2n) is 7.02. The van der Waals surface area contributed by atoms with Gasteiger partial charge in [0.15, 0.2) is 0 Å². The minimum Gasteiger partial charge on any atom is -0.306 e. The Hall–Kier alpha value is -0.980. The molecule has 3 heterocycles. The molecular formula is C16H28N4O2. The fraction of sp³-hybridized carbons (Fsp3) is 0.875. The minimum atomic E-state index is -0.183. The number of nitrogens with zero attached hydrogens (tertiary/aromatic N) is 2. The summed E-state index contributed by atoms with van der Waals surface area (Å²) in [4.78, 5) is 28.0. The molecule has 1 unspecified atom stereocenters. The molecule has 0 radical (unpaired) electrons. The Bertz CT molecular complexity index is 412. The molecule has 6 heteroatoms. The summed E-state index contributed by atoms with van der Waals surface area (Å²) in [5, 5.41) is 5.89. The number of hydrogen-bond acceptors (Lipinski definition) is 5. The zero-order valence-electron chi connectivity index (χ0n) is 13.5. The summed E-state index contributed by atoms with van der Waals surface area (Å²) < 4.78 is 0. The van der Waals surface area contributed by atoms with Crippen molar-refractivity contribution in [2.24, 2.45) is 0 Å². The van der Waals surface area contributed by atoms with Gasteiger partial charge in [-0.05, 0) is 65.3 Å². The van der Waals surface area contributed by atoms with E-state index in [1.54, 1.807) is 0 Å². The first-order valence-electron chi connectivity index (χ1n) is 8.64. The Morgan fingerprint density at radius 1 is 1.00 bits per heavy atom. The van der Waals surface area contributed by atoms with E-state index in [4.69, 9.17) is 0 Å². The number of nitrogens with one attached hydrogen (secondary N) is 2. The van der Waals surface area contributed by atoms with E-state index in [2.05, 4.69) is 27.5 Å². The van der Waals surface area contributed by atoms with Gasteiger partial charge in [0.1, 0.15) is 0 Å². The van der Waals surface area contributed by atoms with Crippen molar-refractivity contribution in [2.45, 2.75) is 56.7 Å². The number of amides is 2. The van der Waals surface area contributed by atoms with E-state index in [9.17, 15) is 9.59 Å². The van der Waals surface area contributed by atoms with Crippen molar-refractivity contribution >= 4 is 11.8 Å². The van der Waals surface area contributed by atoms with Crippen LogP contribution in [0, 0.1) is 0 Å². The highest BCUT2D eigenvalue weighted by Crippen LogP contribution is 2.21. The first kappa shape index (κ1) is 15.9. The summed E-state index contributed by atoms with van der Waals surface area (Å²) in [5.74, 6) is -0.283. The maximum absolute atomic E-state index is 11.8. The Morgan fingerprint density at radius 2 is 1.68 bits per heavy atom. The largest absolute Gasteiger partial charge is 0.306 e. The molecule has 3 aliphatic heterocycles. The predicted octanol–water partition coefficient (Wildman–Crippen LogP) is -0.0602. The minimum absolute atomic E-state index is 0.139. The molecule has 0 saturated carbocycles. The summed E-state index contributed by atoms with van der Waals surface area (Å²) in [5.41, 5.74) is 0. The molecular weight excluding hydrogens is 280 g/mol. The third-order valence-electron chi connectivity index (χ3n) is 5.41. The van der Waals surface area contributed by atoms with Crippen molar-refractivity contribution in [1.29, 1.82) is 0 Å². The molecule has 22 heavy (non-hydrogen) atoms. The van der Waals surface area contributed by atoms with Gasteiger partial charge in [-0.3, -0.25) is 14.9 Å². The van der Waals surface area contributed by atoms with Gasteiger partial charge in [0.25, 0.3) is 0 Å². The third-order valence-corrected chi connectivity index (χ3v) is 5.41. The first-order valence-corrected chi connectivity index (χ1v) is 8.64. The molecule has 0 aromatic heterocycles. The van der Waals surface area contributed by atoms with E-state index in [1.807, 2.05) is 0 Å². The van der Waals surface area contributed by atoms with E-state index < -0.39 is 0 Å². The van der Waals surface area contributed by atoms with E-state index in [0.29, 0.717) is 18.9 Å². The maximum Gasteiger partial charge on any atom is 0.243 e. The summed E-state index contributed by atoms with van der Waals surface area (Å²) in [6, 6.07) is 0.969. The Morgan fingerprint density at radius 3 is 2.32 bits per heavy atom. The van der Waals surface area contributed by atoms with Gasteiger partial charge in [-0.15, -0.1) is 0 Å². The van der Waals surface area contributed by atoms with Crippen LogP contribution in [0.25, 0.3) is 0 Å². The van der Waals surface area contributed by atoms with Crippen LogP contribution in [0.4, 0.5) is 0 Å². The molecule has 0 bridgehead atoms. The van der Waals surface area contributed by atoms with Crippen LogP contribution >= 0.6 is 0 Å². The molecule has 3 fully saturated rings. The second kappa shape index (κ2) is 7.06. The molecule has 124 valence electrons. The van der Waals surface area contributed by atoms with Crippen LogP contribution in [0.3, 0.4) is 0 Å². The monoisotopic (exact) mass is 308 g/mol. The van der Waals surface area contributed by atoms with Crippen LogP contribution in [0.1, 0.15) is 38.5 Å². The van der Waals surface area contributed by atoms with Crippen LogP contribution in [0.5, 0.6) is 0 Å². The topological polar surface area (TPSA) is 64.7 Å². The van der Waals surface area contributed by atoms with Crippen molar-refractivity contribution in [2.75, 3.05) is 33.2 Å². The van der Waals surface area contributed by atoms with E-state index in [1.165, 1.54) is 25.9 Å². The quantitative estimate of drug-likeness (QED) is 0.715. The number of carbonyl (C=O) groups is 2. The highest BCUT2D eigenvalue weighted by atomic mass is 16.2. The van der Waals surface area contributed by atoms with Gasteiger partial charge in [0.05, 0.1) is 6.04 Å². The van der Waals surface area contributed by atoms with Crippen LogP contribution in [0.15, 0.2) is 0 Å². The van der Waals surface area contributed by atoms with Crippen LogP contribution in [-0.2, 0) is 9.59 Å². The molecule has 2 N–H and O–H groups in total. The van der Waals surface area contributed by atoms with Gasteiger partial charge >= 0.3 is 0 Å². The van der Waals surface area contributed by atoms with Gasteiger partial charge in [0.2, 0.25) is 11.8 Å². The lowest BCUT2D eigenvalue weighted by molar-refractivity contribution is -0.135. The fourth-order valence-corrected chi connectivity index (χ4v) is 3.93. The highest BCUT2D eigenvalue weighted by molar-refractivity contribution is 6.00. The molecule has 2 amide bonds. The van der Waals surface area contributed by atoms with Gasteiger partial charge < -0.3 is 15.1 Å². The van der Waals surface area contributed by atoms with Gasteiger partial charge in [-0.1, -0.05) is 0 Å². The third kappa shape index (κ3) is 3.86. The predicted molar refractivity (Wildman–Crippen MR) is 84.4 cm³/mol. The Kier molecular flexibility index (Phi) is 5.10. The molecule has 0 aromatic carbocycles. The first-order chi connectivity index (χ1) is 10.6. The smallest absolute Gasteiger partial charge is 0.243 e. The summed E-state index contributed by atoms with van der Waals surface area (Å²) >= 11 is 0. The molecule has 0 spiro atoms. The number of hydrogen-bond donors (Lipinski definition) is 2. The number of imide groups is 1. The van der Waals surface area contributed by atoms with Crippen molar-refractivity contribution in [3.05, 3.63) is 0 Å². The lowest BCUT2D eigenvalue weighted by atomic mass is 9.96.